The summed E-state index contributed by atoms with van der Waals surface area (Å²) in [5.74, 6) is 0.936. The minimum atomic E-state index is 0.177. The summed E-state index contributed by atoms with van der Waals surface area (Å²) in [5, 5.41) is 1.95. The normalized spacial score (nSPS) is 16.6. The maximum absolute atomic E-state index is 6.26. The molecule has 1 N–H and O–H groups in total. The van der Waals surface area contributed by atoms with E-state index in [9.17, 15) is 0 Å². The molecule has 0 bridgehead atoms. The fourth-order valence-electron chi connectivity index (χ4n) is 3.79. The van der Waals surface area contributed by atoms with Crippen LogP contribution in [0.1, 0.15) is 30.0 Å². The number of likely N-dealkylation sites (tertiary alicyclic amines) is 1. The molecule has 1 aliphatic heterocycles. The number of fused-ring (bicyclic) bond motifs is 1. The van der Waals surface area contributed by atoms with E-state index in [-0.39, 0.29) is 6.04 Å². The second kappa shape index (κ2) is 6.50. The largest absolute Gasteiger partial charge is 0.496 e. The highest BCUT2D eigenvalue weighted by Gasteiger charge is 2.29. The summed E-state index contributed by atoms with van der Waals surface area (Å²) in [4.78, 5) is 5.94. The van der Waals surface area contributed by atoms with Crippen LogP contribution >= 0.6 is 11.6 Å². The Balaban J connectivity index is 1.90. The van der Waals surface area contributed by atoms with E-state index < -0.39 is 0 Å². The molecule has 24 heavy (non-hydrogen) atoms. The number of H-pyrrole nitrogens is 1. The monoisotopic (exact) mass is 340 g/mol. The molecule has 2 aromatic carbocycles. The summed E-state index contributed by atoms with van der Waals surface area (Å²) < 4.78 is 5.66. The number of nitrogens with one attached hydrogen (secondary N) is 1. The maximum Gasteiger partial charge on any atom is 0.123 e. The topological polar surface area (TPSA) is 28.3 Å². The Labute approximate surface area is 147 Å². The SMILES string of the molecule is COc1ccccc1C(c1c[nH]c2ccc(Cl)cc12)N1CCCC1. The standard InChI is InChI=1S/C20H21ClN2O/c1-24-19-7-3-2-6-15(19)20(23-10-4-5-11-23)17-13-22-18-9-8-14(21)12-16(17)18/h2-3,6-9,12-13,20,22H,4-5,10-11H2,1H3. The molecule has 1 atom stereocenters. The van der Waals surface area contributed by atoms with E-state index in [2.05, 4.69) is 34.3 Å². The van der Waals surface area contributed by atoms with Crippen LogP contribution in [0.15, 0.2) is 48.7 Å². The van der Waals surface area contributed by atoms with E-state index in [1.54, 1.807) is 7.11 Å². The van der Waals surface area contributed by atoms with Gasteiger partial charge in [0.05, 0.1) is 13.2 Å². The van der Waals surface area contributed by atoms with E-state index in [1.165, 1.54) is 29.4 Å². The van der Waals surface area contributed by atoms with Crippen LogP contribution in [0.5, 0.6) is 5.75 Å². The zero-order valence-corrected chi connectivity index (χ0v) is 14.5. The number of ether oxygens (including phenoxy) is 1. The number of halogens is 1. The highest BCUT2D eigenvalue weighted by atomic mass is 35.5. The molecule has 1 fully saturated rings. The second-order valence-electron chi connectivity index (χ2n) is 6.32. The molecule has 0 aliphatic carbocycles. The van der Waals surface area contributed by atoms with E-state index in [1.807, 2.05) is 24.3 Å². The fraction of sp³-hybridized carbons (Fsp3) is 0.300. The van der Waals surface area contributed by atoms with Crippen LogP contribution in [0.3, 0.4) is 0 Å². The number of benzene rings is 2. The van der Waals surface area contributed by atoms with Crippen LogP contribution in [-0.4, -0.2) is 30.1 Å². The van der Waals surface area contributed by atoms with Gasteiger partial charge >= 0.3 is 0 Å². The lowest BCUT2D eigenvalue weighted by Gasteiger charge is -2.29. The van der Waals surface area contributed by atoms with Crippen molar-refractivity contribution in [1.29, 1.82) is 0 Å². The van der Waals surface area contributed by atoms with E-state index in [0.29, 0.717) is 0 Å². The lowest BCUT2D eigenvalue weighted by molar-refractivity contribution is 0.275. The summed E-state index contributed by atoms with van der Waals surface area (Å²) >= 11 is 6.26. The van der Waals surface area contributed by atoms with Crippen molar-refractivity contribution in [3.63, 3.8) is 0 Å². The molecular formula is C20H21ClN2O. The van der Waals surface area contributed by atoms with Crippen LogP contribution in [0.2, 0.25) is 5.02 Å². The molecule has 0 saturated carbocycles. The Morgan fingerprint density at radius 2 is 1.88 bits per heavy atom. The van der Waals surface area contributed by atoms with Gasteiger partial charge in [0.2, 0.25) is 0 Å². The highest BCUT2D eigenvalue weighted by Crippen LogP contribution is 2.39. The van der Waals surface area contributed by atoms with Crippen molar-refractivity contribution in [1.82, 2.24) is 9.88 Å². The van der Waals surface area contributed by atoms with Crippen LogP contribution in [0.25, 0.3) is 10.9 Å². The Morgan fingerprint density at radius 3 is 2.67 bits per heavy atom. The minimum Gasteiger partial charge on any atom is -0.496 e. The summed E-state index contributed by atoms with van der Waals surface area (Å²) in [7, 11) is 1.74. The van der Waals surface area contributed by atoms with Crippen molar-refractivity contribution in [2.45, 2.75) is 18.9 Å². The molecule has 0 amide bonds. The zero-order chi connectivity index (χ0) is 16.5. The first kappa shape index (κ1) is 15.6. The predicted octanol–water partition coefficient (Wildman–Crippen LogP) is 5.02. The molecule has 2 heterocycles. The van der Waals surface area contributed by atoms with Crippen LogP contribution in [-0.2, 0) is 0 Å². The lowest BCUT2D eigenvalue weighted by Crippen LogP contribution is -2.26. The number of rotatable bonds is 4. The van der Waals surface area contributed by atoms with Crippen molar-refractivity contribution in [2.24, 2.45) is 0 Å². The average molecular weight is 341 g/mol. The summed E-state index contributed by atoms with van der Waals surface area (Å²) in [6.45, 7) is 2.21. The van der Waals surface area contributed by atoms with Crippen molar-refractivity contribution < 1.29 is 4.74 Å². The lowest BCUT2D eigenvalue weighted by atomic mass is 9.96. The smallest absolute Gasteiger partial charge is 0.123 e. The second-order valence-corrected chi connectivity index (χ2v) is 6.76. The molecule has 3 nitrogen and oxygen atoms in total. The van der Waals surface area contributed by atoms with Crippen molar-refractivity contribution in [3.05, 3.63) is 64.8 Å². The highest BCUT2D eigenvalue weighted by molar-refractivity contribution is 6.31. The Morgan fingerprint density at radius 1 is 1.08 bits per heavy atom. The van der Waals surface area contributed by atoms with Gasteiger partial charge in [0.15, 0.2) is 0 Å². The third-order valence-electron chi connectivity index (χ3n) is 4.91. The molecule has 1 saturated heterocycles. The van der Waals surface area contributed by atoms with E-state index in [0.717, 1.165) is 29.4 Å². The molecular weight excluding hydrogens is 320 g/mol. The molecule has 4 rings (SSSR count). The number of aromatic nitrogens is 1. The number of hydrogen-bond donors (Lipinski definition) is 1. The molecule has 0 spiro atoms. The van der Waals surface area contributed by atoms with Crippen LogP contribution in [0, 0.1) is 0 Å². The quantitative estimate of drug-likeness (QED) is 0.722. The molecule has 124 valence electrons. The summed E-state index contributed by atoms with van der Waals surface area (Å²) in [6.07, 6.45) is 4.61. The minimum absolute atomic E-state index is 0.177. The van der Waals surface area contributed by atoms with Gasteiger partial charge in [-0.3, -0.25) is 4.90 Å². The van der Waals surface area contributed by atoms with Crippen molar-refractivity contribution >= 4 is 22.5 Å². The number of hydrogen-bond acceptors (Lipinski definition) is 2. The number of aromatic amines is 1. The van der Waals surface area contributed by atoms with Crippen LogP contribution in [0.4, 0.5) is 0 Å². The van der Waals surface area contributed by atoms with E-state index in [4.69, 9.17) is 16.3 Å². The Hall–Kier alpha value is -1.97. The van der Waals surface area contributed by atoms with Gasteiger partial charge in [-0.15, -0.1) is 0 Å². The maximum atomic E-state index is 6.26. The molecule has 0 radical (unpaired) electrons. The average Bonchev–Trinajstić information content (AvgIpc) is 3.26. The fourth-order valence-corrected chi connectivity index (χ4v) is 3.97. The van der Waals surface area contributed by atoms with Gasteiger partial charge in [-0.2, -0.15) is 0 Å². The Bertz CT molecular complexity index is 852. The van der Waals surface area contributed by atoms with Gasteiger partial charge in [-0.25, -0.2) is 0 Å². The number of methoxy groups -OCH3 is 1. The van der Waals surface area contributed by atoms with Gasteiger partial charge < -0.3 is 9.72 Å². The molecule has 1 unspecified atom stereocenters. The van der Waals surface area contributed by atoms with Crippen molar-refractivity contribution in [3.8, 4) is 5.75 Å². The van der Waals surface area contributed by atoms with Gasteiger partial charge in [-0.1, -0.05) is 29.8 Å². The molecule has 4 heteroatoms. The predicted molar refractivity (Wildman–Crippen MR) is 99.0 cm³/mol. The third-order valence-corrected chi connectivity index (χ3v) is 5.14. The first-order valence-corrected chi connectivity index (χ1v) is 8.79. The van der Waals surface area contributed by atoms with Gasteiger partial charge in [-0.05, 0) is 55.8 Å². The third kappa shape index (κ3) is 2.68. The summed E-state index contributed by atoms with van der Waals surface area (Å²) in [6, 6.07) is 14.5. The summed E-state index contributed by atoms with van der Waals surface area (Å²) in [5.41, 5.74) is 3.59. The zero-order valence-electron chi connectivity index (χ0n) is 13.8. The van der Waals surface area contributed by atoms with Gasteiger partial charge in [0, 0.05) is 27.7 Å². The van der Waals surface area contributed by atoms with E-state index >= 15 is 0 Å². The van der Waals surface area contributed by atoms with Gasteiger partial charge in [0.1, 0.15) is 5.75 Å². The van der Waals surface area contributed by atoms with Crippen molar-refractivity contribution in [2.75, 3.05) is 20.2 Å². The van der Waals surface area contributed by atoms with Gasteiger partial charge in [0.25, 0.3) is 0 Å². The number of para-hydroxylation sites is 1. The molecule has 1 aromatic heterocycles. The van der Waals surface area contributed by atoms with Crippen LogP contribution < -0.4 is 4.74 Å². The first-order valence-electron chi connectivity index (χ1n) is 8.41. The Kier molecular flexibility index (Phi) is 4.21. The number of nitrogens with zero attached hydrogens (tertiary/aromatic N) is 1. The molecule has 3 aromatic rings. The first-order chi connectivity index (χ1) is 11.8. The molecule has 1 aliphatic rings.